The molecule has 1 amide bonds. The van der Waals surface area contributed by atoms with Gasteiger partial charge in [-0.05, 0) is 13.3 Å². The van der Waals surface area contributed by atoms with E-state index in [4.69, 9.17) is 15.2 Å². The summed E-state index contributed by atoms with van der Waals surface area (Å²) >= 11 is 0. The minimum atomic E-state index is -0.590. The fourth-order valence-corrected chi connectivity index (χ4v) is 1.44. The first kappa shape index (κ1) is 13.6. The third kappa shape index (κ3) is 3.79. The van der Waals surface area contributed by atoms with Gasteiger partial charge in [0.15, 0.2) is 5.69 Å². The van der Waals surface area contributed by atoms with Crippen LogP contribution in [-0.2, 0) is 22.6 Å². The number of carbonyl (C=O) groups is 1. The predicted molar refractivity (Wildman–Crippen MR) is 60.4 cm³/mol. The van der Waals surface area contributed by atoms with E-state index in [1.54, 1.807) is 11.8 Å². The normalized spacial score (nSPS) is 10.7. The van der Waals surface area contributed by atoms with Crippen LogP contribution >= 0.6 is 0 Å². The molecule has 1 aromatic rings. The van der Waals surface area contributed by atoms with Crippen LogP contribution in [0.2, 0.25) is 0 Å². The molecule has 1 heterocycles. The molecule has 0 aromatic carbocycles. The first-order chi connectivity index (χ1) is 8.20. The van der Waals surface area contributed by atoms with Crippen LogP contribution in [-0.4, -0.2) is 41.2 Å². The molecule has 0 unspecified atom stereocenters. The van der Waals surface area contributed by atoms with Crippen LogP contribution in [0.15, 0.2) is 0 Å². The zero-order valence-electron chi connectivity index (χ0n) is 10.2. The molecule has 96 valence electrons. The highest BCUT2D eigenvalue weighted by atomic mass is 16.5. The van der Waals surface area contributed by atoms with Crippen molar-refractivity contribution < 1.29 is 14.3 Å². The molecule has 0 saturated heterocycles. The Labute approximate surface area is 99.9 Å². The van der Waals surface area contributed by atoms with Crippen LogP contribution < -0.4 is 5.73 Å². The molecular formula is C10H18N4O3. The second-order valence-corrected chi connectivity index (χ2v) is 3.46. The molecule has 1 aromatic heterocycles. The summed E-state index contributed by atoms with van der Waals surface area (Å²) in [6, 6.07) is 0. The number of nitrogens with zero attached hydrogens (tertiary/aromatic N) is 3. The monoisotopic (exact) mass is 242 g/mol. The van der Waals surface area contributed by atoms with Crippen LogP contribution in [0.3, 0.4) is 0 Å². The van der Waals surface area contributed by atoms with E-state index in [1.807, 2.05) is 6.92 Å². The largest absolute Gasteiger partial charge is 0.382 e. The molecule has 7 heteroatoms. The van der Waals surface area contributed by atoms with Crippen molar-refractivity contribution in [3.63, 3.8) is 0 Å². The number of amides is 1. The molecule has 7 nitrogen and oxygen atoms in total. The van der Waals surface area contributed by atoms with Crippen molar-refractivity contribution >= 4 is 5.91 Å². The third-order valence-corrected chi connectivity index (χ3v) is 2.21. The van der Waals surface area contributed by atoms with Gasteiger partial charge in [0, 0.05) is 26.9 Å². The summed E-state index contributed by atoms with van der Waals surface area (Å²) in [5.41, 5.74) is 5.98. The van der Waals surface area contributed by atoms with Gasteiger partial charge in [0.05, 0.1) is 12.3 Å². The number of primary amides is 1. The van der Waals surface area contributed by atoms with E-state index < -0.39 is 5.91 Å². The summed E-state index contributed by atoms with van der Waals surface area (Å²) in [6.45, 7) is 4.17. The first-order valence-corrected chi connectivity index (χ1v) is 5.49. The average Bonchev–Trinajstić information content (AvgIpc) is 2.69. The van der Waals surface area contributed by atoms with Gasteiger partial charge in [0.25, 0.3) is 5.91 Å². The van der Waals surface area contributed by atoms with E-state index in [2.05, 4.69) is 10.3 Å². The molecule has 0 saturated carbocycles. The van der Waals surface area contributed by atoms with Gasteiger partial charge in [-0.25, -0.2) is 4.68 Å². The predicted octanol–water partition coefficient (Wildman–Crippen LogP) is -0.0500. The van der Waals surface area contributed by atoms with Crippen molar-refractivity contribution in [2.75, 3.05) is 20.3 Å². The van der Waals surface area contributed by atoms with E-state index in [-0.39, 0.29) is 12.3 Å². The zero-order chi connectivity index (χ0) is 12.7. The number of methoxy groups -OCH3 is 1. The number of rotatable bonds is 8. The van der Waals surface area contributed by atoms with Gasteiger partial charge in [0.2, 0.25) is 0 Å². The smallest absolute Gasteiger partial charge is 0.271 e. The number of hydrogen-bond donors (Lipinski definition) is 1. The summed E-state index contributed by atoms with van der Waals surface area (Å²) in [7, 11) is 1.54. The van der Waals surface area contributed by atoms with Crippen LogP contribution in [0, 0.1) is 0 Å². The number of hydrogen-bond acceptors (Lipinski definition) is 5. The first-order valence-electron chi connectivity index (χ1n) is 5.49. The molecule has 0 atom stereocenters. The summed E-state index contributed by atoms with van der Waals surface area (Å²) in [5, 5.41) is 7.63. The van der Waals surface area contributed by atoms with Gasteiger partial charge in [-0.1, -0.05) is 5.21 Å². The maximum absolute atomic E-state index is 11.1. The van der Waals surface area contributed by atoms with Crippen molar-refractivity contribution in [1.82, 2.24) is 15.0 Å². The van der Waals surface area contributed by atoms with Crippen molar-refractivity contribution in [3.8, 4) is 0 Å². The van der Waals surface area contributed by atoms with Gasteiger partial charge < -0.3 is 15.2 Å². The Morgan fingerprint density at radius 2 is 2.29 bits per heavy atom. The standard InChI is InChI=1S/C10H18N4O3/c1-3-17-6-4-5-14-8(7-16-2)9(10(11)15)12-13-14/h3-7H2,1-2H3,(H2,11,15). The number of nitrogens with two attached hydrogens (primary N) is 1. The quantitative estimate of drug-likeness (QED) is 0.645. The second-order valence-electron chi connectivity index (χ2n) is 3.46. The number of aromatic nitrogens is 3. The highest BCUT2D eigenvalue weighted by Crippen LogP contribution is 2.07. The lowest BCUT2D eigenvalue weighted by Gasteiger charge is -2.06. The lowest BCUT2D eigenvalue weighted by molar-refractivity contribution is 0.0989. The molecular weight excluding hydrogens is 224 g/mol. The molecule has 0 fully saturated rings. The van der Waals surface area contributed by atoms with E-state index >= 15 is 0 Å². The highest BCUT2D eigenvalue weighted by molar-refractivity contribution is 5.91. The van der Waals surface area contributed by atoms with Crippen molar-refractivity contribution in [1.29, 1.82) is 0 Å². The minimum Gasteiger partial charge on any atom is -0.382 e. The van der Waals surface area contributed by atoms with E-state index in [9.17, 15) is 4.79 Å². The molecule has 0 aliphatic heterocycles. The fraction of sp³-hybridized carbons (Fsp3) is 0.700. The van der Waals surface area contributed by atoms with E-state index in [1.165, 1.54) is 0 Å². The molecule has 0 bridgehead atoms. The Bertz CT molecular complexity index is 364. The Morgan fingerprint density at radius 3 is 2.88 bits per heavy atom. The second kappa shape index (κ2) is 6.97. The average molecular weight is 242 g/mol. The maximum atomic E-state index is 11.1. The minimum absolute atomic E-state index is 0.170. The van der Waals surface area contributed by atoms with Crippen LogP contribution in [0.4, 0.5) is 0 Å². The number of ether oxygens (including phenoxy) is 2. The zero-order valence-corrected chi connectivity index (χ0v) is 10.2. The van der Waals surface area contributed by atoms with Crippen molar-refractivity contribution in [2.45, 2.75) is 26.5 Å². The number of aryl methyl sites for hydroxylation is 1. The Balaban J connectivity index is 2.67. The van der Waals surface area contributed by atoms with Crippen molar-refractivity contribution in [2.24, 2.45) is 5.73 Å². The summed E-state index contributed by atoms with van der Waals surface area (Å²) in [5.74, 6) is -0.590. The summed E-state index contributed by atoms with van der Waals surface area (Å²) < 4.78 is 11.9. The number of carbonyl (C=O) groups excluding carboxylic acids is 1. The van der Waals surface area contributed by atoms with Gasteiger partial charge in [0.1, 0.15) is 0 Å². The SMILES string of the molecule is CCOCCCn1nnc(C(N)=O)c1COC. The third-order valence-electron chi connectivity index (χ3n) is 2.21. The molecule has 0 spiro atoms. The fourth-order valence-electron chi connectivity index (χ4n) is 1.44. The van der Waals surface area contributed by atoms with Gasteiger partial charge in [-0.15, -0.1) is 5.10 Å². The van der Waals surface area contributed by atoms with Crippen LogP contribution in [0.1, 0.15) is 29.5 Å². The summed E-state index contributed by atoms with van der Waals surface area (Å²) in [4.78, 5) is 11.1. The molecule has 0 aliphatic rings. The molecule has 0 radical (unpaired) electrons. The highest BCUT2D eigenvalue weighted by Gasteiger charge is 2.16. The van der Waals surface area contributed by atoms with E-state index in [0.29, 0.717) is 25.5 Å². The molecule has 17 heavy (non-hydrogen) atoms. The Morgan fingerprint density at radius 1 is 1.53 bits per heavy atom. The molecule has 0 aliphatic carbocycles. The lowest BCUT2D eigenvalue weighted by atomic mass is 10.3. The maximum Gasteiger partial charge on any atom is 0.271 e. The Kier molecular flexibility index (Phi) is 5.58. The van der Waals surface area contributed by atoms with Gasteiger partial charge in [-0.3, -0.25) is 4.79 Å². The van der Waals surface area contributed by atoms with Crippen molar-refractivity contribution in [3.05, 3.63) is 11.4 Å². The van der Waals surface area contributed by atoms with Gasteiger partial charge >= 0.3 is 0 Å². The van der Waals surface area contributed by atoms with E-state index in [0.717, 1.165) is 6.42 Å². The molecule has 2 N–H and O–H groups in total. The molecule has 1 rings (SSSR count). The topological polar surface area (TPSA) is 92.3 Å². The van der Waals surface area contributed by atoms with Gasteiger partial charge in [-0.2, -0.15) is 0 Å². The summed E-state index contributed by atoms with van der Waals surface area (Å²) in [6.07, 6.45) is 0.798. The van der Waals surface area contributed by atoms with Crippen LogP contribution in [0.25, 0.3) is 0 Å². The Hall–Kier alpha value is -1.47. The lowest BCUT2D eigenvalue weighted by Crippen LogP contribution is -2.16. The van der Waals surface area contributed by atoms with Crippen LogP contribution in [0.5, 0.6) is 0 Å².